The summed E-state index contributed by atoms with van der Waals surface area (Å²) < 4.78 is 28.3. The number of piperazine rings is 1. The smallest absolute Gasteiger partial charge is 0.248 e. The molecule has 1 amide bonds. The SMILES string of the molecule is O=C(CO)N1CCN(c2ccc(-c3ccccc3F)cc2F)CC1. The van der Waals surface area contributed by atoms with E-state index in [9.17, 15) is 13.6 Å². The number of carbonyl (C=O) groups excluding carboxylic acids is 1. The van der Waals surface area contributed by atoms with Crippen LogP contribution < -0.4 is 4.90 Å². The van der Waals surface area contributed by atoms with Gasteiger partial charge in [-0.2, -0.15) is 0 Å². The topological polar surface area (TPSA) is 43.8 Å². The van der Waals surface area contributed by atoms with Gasteiger partial charge < -0.3 is 14.9 Å². The normalized spacial score (nSPS) is 14.8. The summed E-state index contributed by atoms with van der Waals surface area (Å²) in [7, 11) is 0. The number of aliphatic hydroxyl groups is 1. The first-order valence-corrected chi connectivity index (χ1v) is 7.78. The molecule has 0 radical (unpaired) electrons. The highest BCUT2D eigenvalue weighted by Crippen LogP contribution is 2.28. The average molecular weight is 332 g/mol. The van der Waals surface area contributed by atoms with Gasteiger partial charge in [-0.1, -0.05) is 24.3 Å². The van der Waals surface area contributed by atoms with Crippen LogP contribution in [-0.2, 0) is 4.79 Å². The van der Waals surface area contributed by atoms with Crippen molar-refractivity contribution < 1.29 is 18.7 Å². The molecule has 0 saturated carbocycles. The van der Waals surface area contributed by atoms with Gasteiger partial charge in [-0.05, 0) is 23.8 Å². The first-order valence-electron chi connectivity index (χ1n) is 7.78. The van der Waals surface area contributed by atoms with Gasteiger partial charge in [0.2, 0.25) is 5.91 Å². The summed E-state index contributed by atoms with van der Waals surface area (Å²) in [5, 5.41) is 8.88. The van der Waals surface area contributed by atoms with Crippen LogP contribution >= 0.6 is 0 Å². The van der Waals surface area contributed by atoms with Gasteiger partial charge in [0, 0.05) is 31.7 Å². The third-order valence-corrected chi connectivity index (χ3v) is 4.24. The van der Waals surface area contributed by atoms with Crippen LogP contribution in [0.3, 0.4) is 0 Å². The Kier molecular flexibility index (Phi) is 4.76. The molecule has 6 heteroatoms. The average Bonchev–Trinajstić information content (AvgIpc) is 2.61. The molecule has 24 heavy (non-hydrogen) atoms. The van der Waals surface area contributed by atoms with Crippen LogP contribution in [0.1, 0.15) is 0 Å². The number of hydrogen-bond donors (Lipinski definition) is 1. The fourth-order valence-electron chi connectivity index (χ4n) is 2.92. The molecule has 1 aliphatic rings. The second kappa shape index (κ2) is 6.97. The predicted molar refractivity (Wildman–Crippen MR) is 87.7 cm³/mol. The van der Waals surface area contributed by atoms with Gasteiger partial charge in [0.25, 0.3) is 0 Å². The molecule has 4 nitrogen and oxygen atoms in total. The highest BCUT2D eigenvalue weighted by molar-refractivity contribution is 5.77. The number of anilines is 1. The van der Waals surface area contributed by atoms with Crippen molar-refractivity contribution in [2.24, 2.45) is 0 Å². The van der Waals surface area contributed by atoms with Gasteiger partial charge in [-0.15, -0.1) is 0 Å². The Hall–Kier alpha value is -2.47. The minimum absolute atomic E-state index is 0.315. The summed E-state index contributed by atoms with van der Waals surface area (Å²) >= 11 is 0. The van der Waals surface area contributed by atoms with Crippen LogP contribution in [0.5, 0.6) is 0 Å². The van der Waals surface area contributed by atoms with E-state index in [2.05, 4.69) is 0 Å². The highest BCUT2D eigenvalue weighted by Gasteiger charge is 2.22. The fourth-order valence-corrected chi connectivity index (χ4v) is 2.92. The Bertz CT molecular complexity index is 744. The monoisotopic (exact) mass is 332 g/mol. The number of halogens is 2. The van der Waals surface area contributed by atoms with Crippen molar-refractivity contribution in [2.75, 3.05) is 37.7 Å². The maximum absolute atomic E-state index is 14.5. The van der Waals surface area contributed by atoms with E-state index in [4.69, 9.17) is 5.11 Å². The third-order valence-electron chi connectivity index (χ3n) is 4.24. The van der Waals surface area contributed by atoms with Crippen molar-refractivity contribution in [2.45, 2.75) is 0 Å². The molecule has 1 heterocycles. The van der Waals surface area contributed by atoms with Gasteiger partial charge in [-0.3, -0.25) is 4.79 Å². The van der Waals surface area contributed by atoms with Crippen molar-refractivity contribution in [3.05, 3.63) is 54.1 Å². The number of benzene rings is 2. The molecule has 0 bridgehead atoms. The Morgan fingerprint density at radius 2 is 1.71 bits per heavy atom. The lowest BCUT2D eigenvalue weighted by atomic mass is 10.0. The molecule has 1 saturated heterocycles. The zero-order chi connectivity index (χ0) is 17.1. The maximum atomic E-state index is 14.5. The van der Waals surface area contributed by atoms with E-state index in [1.807, 2.05) is 4.90 Å². The lowest BCUT2D eigenvalue weighted by Gasteiger charge is -2.36. The summed E-state index contributed by atoms with van der Waals surface area (Å²) in [5.41, 5.74) is 1.29. The zero-order valence-corrected chi connectivity index (χ0v) is 13.1. The van der Waals surface area contributed by atoms with Crippen LogP contribution in [0.4, 0.5) is 14.5 Å². The molecule has 126 valence electrons. The zero-order valence-electron chi connectivity index (χ0n) is 13.1. The van der Waals surface area contributed by atoms with Crippen molar-refractivity contribution in [3.8, 4) is 11.1 Å². The van der Waals surface area contributed by atoms with Crippen molar-refractivity contribution >= 4 is 11.6 Å². The summed E-state index contributed by atoms with van der Waals surface area (Å²) in [6.45, 7) is 1.34. The first kappa shape index (κ1) is 16.4. The molecule has 2 aromatic carbocycles. The Morgan fingerprint density at radius 3 is 2.33 bits per heavy atom. The number of amides is 1. The van der Waals surface area contributed by atoms with E-state index in [0.29, 0.717) is 43.0 Å². The summed E-state index contributed by atoms with van der Waals surface area (Å²) in [6, 6.07) is 10.9. The third kappa shape index (κ3) is 3.23. The molecule has 1 N–H and O–H groups in total. The largest absolute Gasteiger partial charge is 0.387 e. The number of carbonyl (C=O) groups is 1. The minimum atomic E-state index is -0.508. The quantitative estimate of drug-likeness (QED) is 0.938. The number of rotatable bonds is 3. The molecule has 0 aliphatic carbocycles. The van der Waals surface area contributed by atoms with Crippen LogP contribution in [0.15, 0.2) is 42.5 Å². The molecule has 0 atom stereocenters. The van der Waals surface area contributed by atoms with Gasteiger partial charge in [0.1, 0.15) is 18.2 Å². The minimum Gasteiger partial charge on any atom is -0.387 e. The van der Waals surface area contributed by atoms with Crippen LogP contribution in [0, 0.1) is 11.6 Å². The van der Waals surface area contributed by atoms with E-state index in [1.165, 1.54) is 12.1 Å². The highest BCUT2D eigenvalue weighted by atomic mass is 19.1. The fraction of sp³-hybridized carbons (Fsp3) is 0.278. The second-order valence-electron chi connectivity index (χ2n) is 5.67. The van der Waals surface area contributed by atoms with Gasteiger partial charge >= 0.3 is 0 Å². The van der Waals surface area contributed by atoms with Crippen molar-refractivity contribution in [1.29, 1.82) is 0 Å². The van der Waals surface area contributed by atoms with Crippen LogP contribution in [-0.4, -0.2) is 48.7 Å². The van der Waals surface area contributed by atoms with E-state index in [0.717, 1.165) is 0 Å². The molecule has 3 rings (SSSR count). The molecule has 0 aromatic heterocycles. The van der Waals surface area contributed by atoms with Crippen LogP contribution in [0.2, 0.25) is 0 Å². The molecular formula is C18H18F2N2O2. The molecule has 1 aliphatic heterocycles. The standard InChI is InChI=1S/C18H18F2N2O2/c19-15-4-2-1-3-14(15)13-5-6-17(16(20)11-13)21-7-9-22(10-8-21)18(24)12-23/h1-6,11,23H,7-10,12H2. The van der Waals surface area contributed by atoms with Crippen molar-refractivity contribution in [1.82, 2.24) is 4.90 Å². The second-order valence-corrected chi connectivity index (χ2v) is 5.67. The van der Waals surface area contributed by atoms with Gasteiger partial charge in [-0.25, -0.2) is 8.78 Å². The number of aliphatic hydroxyl groups excluding tert-OH is 1. The lowest BCUT2D eigenvalue weighted by molar-refractivity contribution is -0.134. The van der Waals surface area contributed by atoms with Crippen molar-refractivity contribution in [3.63, 3.8) is 0 Å². The molecule has 0 spiro atoms. The Morgan fingerprint density at radius 1 is 1.00 bits per heavy atom. The Balaban J connectivity index is 1.77. The lowest BCUT2D eigenvalue weighted by Crippen LogP contribution is -2.49. The van der Waals surface area contributed by atoms with Crippen LogP contribution in [0.25, 0.3) is 11.1 Å². The molecule has 2 aromatic rings. The van der Waals surface area contributed by atoms with Gasteiger partial charge in [0.15, 0.2) is 0 Å². The number of nitrogens with zero attached hydrogens (tertiary/aromatic N) is 2. The summed E-state index contributed by atoms with van der Waals surface area (Å²) in [4.78, 5) is 14.9. The van der Waals surface area contributed by atoms with E-state index >= 15 is 0 Å². The Labute approximate surface area is 138 Å². The summed E-state index contributed by atoms with van der Waals surface area (Å²) in [5.74, 6) is -1.12. The molecular weight excluding hydrogens is 314 g/mol. The predicted octanol–water partition coefficient (Wildman–Crippen LogP) is 2.27. The first-order chi connectivity index (χ1) is 11.6. The number of hydrogen-bond acceptors (Lipinski definition) is 3. The molecule has 0 unspecified atom stereocenters. The molecule has 1 fully saturated rings. The van der Waals surface area contributed by atoms with Gasteiger partial charge in [0.05, 0.1) is 5.69 Å². The maximum Gasteiger partial charge on any atom is 0.248 e. The van der Waals surface area contributed by atoms with E-state index < -0.39 is 12.4 Å². The summed E-state index contributed by atoms with van der Waals surface area (Å²) in [6.07, 6.45) is 0. The van der Waals surface area contributed by atoms with E-state index in [-0.39, 0.29) is 11.7 Å². The van der Waals surface area contributed by atoms with E-state index in [1.54, 1.807) is 35.2 Å².